The monoisotopic (exact) mass is 479 g/mol. The molecule has 11 heteroatoms. The lowest BCUT2D eigenvalue weighted by molar-refractivity contribution is -0.139. The van der Waals surface area contributed by atoms with Crippen LogP contribution in [0.4, 0.5) is 5.69 Å². The Hall–Kier alpha value is -2.63. The summed E-state index contributed by atoms with van der Waals surface area (Å²) in [5.74, 6) is -0.0383. The number of anilines is 1. The van der Waals surface area contributed by atoms with E-state index in [1.807, 2.05) is 6.92 Å². The first kappa shape index (κ1) is 22.6. The second-order valence-electron chi connectivity index (χ2n) is 7.91. The first-order valence-electron chi connectivity index (χ1n) is 10.2. The smallest absolute Gasteiger partial charge is 0.265 e. The molecule has 2 aromatic carbocycles. The quantitative estimate of drug-likeness (QED) is 0.649. The molecule has 2 aliphatic rings. The number of carbonyl (C=O) groups is 1. The minimum absolute atomic E-state index is 0.128. The number of aryl methyl sites for hydroxylation is 1. The number of para-hydroxylation sites is 2. The van der Waals surface area contributed by atoms with E-state index in [0.29, 0.717) is 11.4 Å². The normalized spacial score (nSPS) is 19.9. The van der Waals surface area contributed by atoms with Gasteiger partial charge < -0.3 is 9.64 Å². The highest BCUT2D eigenvalue weighted by atomic mass is 32.2. The van der Waals surface area contributed by atoms with Crippen molar-refractivity contribution in [2.75, 3.05) is 43.3 Å². The number of ether oxygens (including phenoxy) is 1. The van der Waals surface area contributed by atoms with E-state index < -0.39 is 26.2 Å². The summed E-state index contributed by atoms with van der Waals surface area (Å²) in [5, 5.41) is 0. The molecule has 2 aliphatic heterocycles. The molecule has 1 saturated heterocycles. The average Bonchev–Trinajstić information content (AvgIpc) is 2.77. The highest BCUT2D eigenvalue weighted by molar-refractivity contribution is 7.92. The Balaban J connectivity index is 1.46. The van der Waals surface area contributed by atoms with E-state index in [1.54, 1.807) is 48.5 Å². The number of benzene rings is 2. The van der Waals surface area contributed by atoms with Crippen LogP contribution in [0.5, 0.6) is 5.75 Å². The van der Waals surface area contributed by atoms with Gasteiger partial charge >= 0.3 is 0 Å². The SMILES string of the molecule is Cc1ccc(S(=O)(=O)N2CCN(C(=O)[C@@H]3CN(S(C)(=O)=O)c4ccccc4O3)CC2)cc1. The van der Waals surface area contributed by atoms with Crippen LogP contribution < -0.4 is 9.04 Å². The summed E-state index contributed by atoms with van der Waals surface area (Å²) in [7, 11) is -7.25. The lowest BCUT2D eigenvalue weighted by Gasteiger charge is -2.39. The minimum atomic E-state index is -3.64. The number of hydrogen-bond donors (Lipinski definition) is 0. The van der Waals surface area contributed by atoms with E-state index in [1.165, 1.54) is 13.5 Å². The average molecular weight is 480 g/mol. The molecule has 32 heavy (non-hydrogen) atoms. The van der Waals surface area contributed by atoms with E-state index in [-0.39, 0.29) is 43.5 Å². The fraction of sp³-hybridized carbons (Fsp3) is 0.381. The summed E-state index contributed by atoms with van der Waals surface area (Å²) in [6.45, 7) is 2.46. The van der Waals surface area contributed by atoms with Crippen molar-refractivity contribution in [3.63, 3.8) is 0 Å². The lowest BCUT2D eigenvalue weighted by atomic mass is 10.2. The van der Waals surface area contributed by atoms with Crippen LogP contribution in [0, 0.1) is 6.92 Å². The highest BCUT2D eigenvalue weighted by Crippen LogP contribution is 2.35. The third-order valence-electron chi connectivity index (χ3n) is 5.62. The van der Waals surface area contributed by atoms with Gasteiger partial charge in [-0.15, -0.1) is 0 Å². The predicted octanol–water partition coefficient (Wildman–Crippen LogP) is 1.06. The molecule has 4 rings (SSSR count). The van der Waals surface area contributed by atoms with Gasteiger partial charge in [-0.3, -0.25) is 9.10 Å². The van der Waals surface area contributed by atoms with Gasteiger partial charge in [-0.25, -0.2) is 16.8 Å². The molecule has 2 heterocycles. The number of carbonyl (C=O) groups excluding carboxylic acids is 1. The maximum Gasteiger partial charge on any atom is 0.265 e. The molecule has 2 aromatic rings. The second kappa shape index (κ2) is 8.38. The third-order valence-corrected chi connectivity index (χ3v) is 8.68. The molecule has 0 bridgehead atoms. The first-order valence-corrected chi connectivity index (χ1v) is 13.5. The van der Waals surface area contributed by atoms with E-state index in [4.69, 9.17) is 4.74 Å². The fourth-order valence-corrected chi connectivity index (χ4v) is 6.19. The summed E-state index contributed by atoms with van der Waals surface area (Å²) >= 11 is 0. The molecule has 0 N–H and O–H groups in total. The number of piperazine rings is 1. The molecule has 1 fully saturated rings. The predicted molar refractivity (Wildman–Crippen MR) is 120 cm³/mol. The summed E-state index contributed by atoms with van der Waals surface area (Å²) in [6.07, 6.45) is 0.0885. The van der Waals surface area contributed by atoms with Gasteiger partial charge in [-0.2, -0.15) is 4.31 Å². The Morgan fingerprint density at radius 3 is 2.19 bits per heavy atom. The van der Waals surface area contributed by atoms with Crippen LogP contribution in [0.1, 0.15) is 5.56 Å². The topological polar surface area (TPSA) is 104 Å². The molecular formula is C21H25N3O6S2. The molecule has 0 aliphatic carbocycles. The molecule has 0 radical (unpaired) electrons. The van der Waals surface area contributed by atoms with Gasteiger partial charge in [0.15, 0.2) is 6.10 Å². The van der Waals surface area contributed by atoms with Crippen molar-refractivity contribution in [2.24, 2.45) is 0 Å². The second-order valence-corrected chi connectivity index (χ2v) is 11.8. The van der Waals surface area contributed by atoms with Crippen LogP contribution in [0.25, 0.3) is 0 Å². The number of sulfonamides is 2. The van der Waals surface area contributed by atoms with Crippen molar-refractivity contribution in [2.45, 2.75) is 17.9 Å². The number of nitrogens with zero attached hydrogens (tertiary/aromatic N) is 3. The van der Waals surface area contributed by atoms with Crippen molar-refractivity contribution >= 4 is 31.6 Å². The minimum Gasteiger partial charge on any atom is -0.476 e. The largest absolute Gasteiger partial charge is 0.476 e. The van der Waals surface area contributed by atoms with Gasteiger partial charge in [0.25, 0.3) is 5.91 Å². The van der Waals surface area contributed by atoms with Gasteiger partial charge in [0.1, 0.15) is 5.75 Å². The third kappa shape index (κ3) is 4.32. The summed E-state index contributed by atoms with van der Waals surface area (Å²) < 4.78 is 58.7. The van der Waals surface area contributed by atoms with Crippen molar-refractivity contribution in [3.05, 3.63) is 54.1 Å². The number of rotatable bonds is 4. The van der Waals surface area contributed by atoms with Crippen LogP contribution in [-0.2, 0) is 24.8 Å². The van der Waals surface area contributed by atoms with E-state index in [2.05, 4.69) is 0 Å². The van der Waals surface area contributed by atoms with Gasteiger partial charge in [-0.05, 0) is 31.2 Å². The van der Waals surface area contributed by atoms with Gasteiger partial charge in [0.05, 0.1) is 23.4 Å². The lowest BCUT2D eigenvalue weighted by Crippen LogP contribution is -2.56. The fourth-order valence-electron chi connectivity index (χ4n) is 3.86. The molecule has 9 nitrogen and oxygen atoms in total. The molecule has 172 valence electrons. The number of fused-ring (bicyclic) bond motifs is 1. The van der Waals surface area contributed by atoms with E-state index in [0.717, 1.165) is 11.8 Å². The summed E-state index contributed by atoms with van der Waals surface area (Å²) in [5.41, 5.74) is 1.37. The summed E-state index contributed by atoms with van der Waals surface area (Å²) in [6, 6.07) is 13.3. The Morgan fingerprint density at radius 2 is 1.56 bits per heavy atom. The first-order chi connectivity index (χ1) is 15.1. The van der Waals surface area contributed by atoms with Crippen LogP contribution in [0.15, 0.2) is 53.4 Å². The van der Waals surface area contributed by atoms with E-state index in [9.17, 15) is 21.6 Å². The van der Waals surface area contributed by atoms with Crippen LogP contribution in [-0.4, -0.2) is 77.0 Å². The molecule has 0 saturated carbocycles. The molecule has 1 amide bonds. The summed E-state index contributed by atoms with van der Waals surface area (Å²) in [4.78, 5) is 14.9. The van der Waals surface area contributed by atoms with Crippen molar-refractivity contribution < 1.29 is 26.4 Å². The van der Waals surface area contributed by atoms with Crippen LogP contribution in [0.3, 0.4) is 0 Å². The molecular weight excluding hydrogens is 454 g/mol. The van der Waals surface area contributed by atoms with Crippen molar-refractivity contribution in [1.82, 2.24) is 9.21 Å². The van der Waals surface area contributed by atoms with Crippen molar-refractivity contribution in [1.29, 1.82) is 0 Å². The van der Waals surface area contributed by atoms with Gasteiger partial charge in [-0.1, -0.05) is 29.8 Å². The maximum absolute atomic E-state index is 13.1. The van der Waals surface area contributed by atoms with Crippen LogP contribution in [0.2, 0.25) is 0 Å². The molecule has 0 aromatic heterocycles. The van der Waals surface area contributed by atoms with E-state index >= 15 is 0 Å². The Kier molecular flexibility index (Phi) is 5.91. The Morgan fingerprint density at radius 1 is 0.938 bits per heavy atom. The molecule has 1 atom stereocenters. The van der Waals surface area contributed by atoms with Gasteiger partial charge in [0, 0.05) is 26.2 Å². The van der Waals surface area contributed by atoms with Gasteiger partial charge in [0.2, 0.25) is 20.0 Å². The zero-order valence-corrected chi connectivity index (χ0v) is 19.5. The van der Waals surface area contributed by atoms with Crippen LogP contribution >= 0.6 is 0 Å². The standard InChI is InChI=1S/C21H25N3O6S2/c1-16-7-9-17(10-8-16)32(28,29)23-13-11-22(12-14-23)21(25)20-15-24(31(2,26)27)18-5-3-4-6-19(18)30-20/h3-10,20H,11-15H2,1-2H3/t20-/m0/s1. The highest BCUT2D eigenvalue weighted by Gasteiger charge is 2.38. The zero-order chi connectivity index (χ0) is 23.1. The number of hydrogen-bond acceptors (Lipinski definition) is 6. The maximum atomic E-state index is 13.1. The molecule has 0 unspecified atom stereocenters. The van der Waals surface area contributed by atoms with Crippen molar-refractivity contribution in [3.8, 4) is 5.75 Å². The Labute approximate surface area is 188 Å². The number of amides is 1. The zero-order valence-electron chi connectivity index (χ0n) is 17.8. The Bertz CT molecular complexity index is 1220. The molecule has 0 spiro atoms.